The number of hydrogen-bond donors (Lipinski definition) is 2. The van der Waals surface area contributed by atoms with Crippen LogP contribution in [0.5, 0.6) is 0 Å². The van der Waals surface area contributed by atoms with Gasteiger partial charge in [0.1, 0.15) is 5.00 Å². The lowest BCUT2D eigenvalue weighted by molar-refractivity contribution is 0.0351. The van der Waals surface area contributed by atoms with Crippen LogP contribution in [0.25, 0.3) is 10.9 Å². The van der Waals surface area contributed by atoms with Crippen LogP contribution in [0.4, 0.5) is 16.6 Å². The van der Waals surface area contributed by atoms with Gasteiger partial charge < -0.3 is 15.3 Å². The molecule has 1 aliphatic rings. The lowest BCUT2D eigenvalue weighted by atomic mass is 9.93. The Kier molecular flexibility index (Phi) is 4.46. The summed E-state index contributed by atoms with van der Waals surface area (Å²) in [6.07, 6.45) is 3.22. The second-order valence-electron chi connectivity index (χ2n) is 7.00. The van der Waals surface area contributed by atoms with Crippen LogP contribution < -0.4 is 10.2 Å². The van der Waals surface area contributed by atoms with Crippen molar-refractivity contribution >= 4 is 50.7 Å². The summed E-state index contributed by atoms with van der Waals surface area (Å²) in [5, 5.41) is 15.9. The molecule has 26 heavy (non-hydrogen) atoms. The van der Waals surface area contributed by atoms with E-state index in [4.69, 9.17) is 11.6 Å². The molecule has 136 valence electrons. The molecule has 0 radical (unpaired) electrons. The molecule has 0 unspecified atom stereocenters. The highest BCUT2D eigenvalue weighted by Crippen LogP contribution is 2.34. The molecule has 0 aliphatic carbocycles. The fourth-order valence-electron chi connectivity index (χ4n) is 3.10. The topological polar surface area (TPSA) is 74.2 Å². The second kappa shape index (κ2) is 6.64. The zero-order chi connectivity index (χ0) is 18.3. The number of nitrogens with one attached hydrogen (secondary N) is 1. The molecule has 6 nitrogen and oxygen atoms in total. The van der Waals surface area contributed by atoms with Crippen molar-refractivity contribution < 1.29 is 5.11 Å². The van der Waals surface area contributed by atoms with E-state index in [1.807, 2.05) is 32.0 Å². The van der Waals surface area contributed by atoms with Crippen LogP contribution >= 0.6 is 23.1 Å². The third-order valence-corrected chi connectivity index (χ3v) is 5.79. The van der Waals surface area contributed by atoms with Crippen molar-refractivity contribution in [3.63, 3.8) is 0 Å². The van der Waals surface area contributed by atoms with Gasteiger partial charge in [0.2, 0.25) is 5.95 Å². The zero-order valence-electron chi connectivity index (χ0n) is 14.7. The van der Waals surface area contributed by atoms with Gasteiger partial charge in [0.25, 0.3) is 0 Å². The molecule has 0 saturated carbocycles. The normalized spacial score (nSPS) is 16.8. The first-order chi connectivity index (χ1) is 12.4. The SMILES string of the molecule is Cc1cc(Nc2ncc3cc(Cl)c(N4CCC(C)(O)CC4)cc3n2)sn1. The van der Waals surface area contributed by atoms with Crippen molar-refractivity contribution in [3.8, 4) is 0 Å². The van der Waals surface area contributed by atoms with E-state index in [1.54, 1.807) is 6.20 Å². The second-order valence-corrected chi connectivity index (χ2v) is 8.21. The molecular weight excluding hydrogens is 370 g/mol. The van der Waals surface area contributed by atoms with Crippen molar-refractivity contribution in [2.24, 2.45) is 0 Å². The number of piperidine rings is 1. The van der Waals surface area contributed by atoms with Crippen molar-refractivity contribution in [1.29, 1.82) is 0 Å². The zero-order valence-corrected chi connectivity index (χ0v) is 16.2. The molecule has 2 N–H and O–H groups in total. The predicted octanol–water partition coefficient (Wildman–Crippen LogP) is 4.14. The van der Waals surface area contributed by atoms with E-state index in [0.717, 1.165) is 53.2 Å². The summed E-state index contributed by atoms with van der Waals surface area (Å²) in [6.45, 7) is 5.38. The number of hydrogen-bond acceptors (Lipinski definition) is 7. The maximum Gasteiger partial charge on any atom is 0.228 e. The van der Waals surface area contributed by atoms with Crippen LogP contribution in [0.1, 0.15) is 25.5 Å². The van der Waals surface area contributed by atoms with E-state index in [-0.39, 0.29) is 0 Å². The molecule has 0 amide bonds. The maximum absolute atomic E-state index is 10.2. The Morgan fingerprint density at radius 2 is 2.04 bits per heavy atom. The average molecular weight is 390 g/mol. The molecule has 3 aromatic rings. The number of fused-ring (bicyclic) bond motifs is 1. The van der Waals surface area contributed by atoms with Gasteiger partial charge in [0.15, 0.2) is 0 Å². The van der Waals surface area contributed by atoms with Gasteiger partial charge in [0, 0.05) is 24.7 Å². The van der Waals surface area contributed by atoms with Gasteiger partial charge in [-0.3, -0.25) is 0 Å². The molecule has 0 spiro atoms. The van der Waals surface area contributed by atoms with Crippen molar-refractivity contribution in [1.82, 2.24) is 14.3 Å². The van der Waals surface area contributed by atoms with Gasteiger partial charge in [-0.1, -0.05) is 11.6 Å². The standard InChI is InChI=1S/C18H20ClN5OS/c1-11-7-16(26-23-11)22-17-20-10-12-8-13(19)15(9-14(12)21-17)24-5-3-18(2,25)4-6-24/h7-10,25H,3-6H2,1-2H3,(H,20,21,22). The molecule has 1 fully saturated rings. The van der Waals surface area contributed by atoms with Crippen molar-refractivity contribution in [3.05, 3.63) is 35.1 Å². The molecule has 1 aromatic carbocycles. The number of aliphatic hydroxyl groups is 1. The number of benzene rings is 1. The molecule has 0 atom stereocenters. The Bertz CT molecular complexity index is 948. The smallest absolute Gasteiger partial charge is 0.228 e. The summed E-state index contributed by atoms with van der Waals surface area (Å²) >= 11 is 7.88. The predicted molar refractivity (Wildman–Crippen MR) is 107 cm³/mol. The van der Waals surface area contributed by atoms with Gasteiger partial charge in [-0.05, 0) is 56.4 Å². The number of halogens is 1. The van der Waals surface area contributed by atoms with Crippen molar-refractivity contribution in [2.75, 3.05) is 23.3 Å². The van der Waals surface area contributed by atoms with Crippen LogP contribution in [0.15, 0.2) is 24.4 Å². The summed E-state index contributed by atoms with van der Waals surface area (Å²) in [7, 11) is 0. The van der Waals surface area contributed by atoms with Crippen LogP contribution in [-0.4, -0.2) is 38.1 Å². The fourth-order valence-corrected chi connectivity index (χ4v) is 4.05. The molecule has 1 saturated heterocycles. The van der Waals surface area contributed by atoms with Crippen LogP contribution in [0.2, 0.25) is 5.02 Å². The molecule has 1 aliphatic heterocycles. The minimum Gasteiger partial charge on any atom is -0.390 e. The quantitative estimate of drug-likeness (QED) is 0.701. The van der Waals surface area contributed by atoms with Crippen LogP contribution in [0.3, 0.4) is 0 Å². The summed E-state index contributed by atoms with van der Waals surface area (Å²) in [5.41, 5.74) is 2.16. The Hall–Kier alpha value is -1.96. The van der Waals surface area contributed by atoms with E-state index < -0.39 is 5.60 Å². The number of anilines is 3. The third-order valence-electron chi connectivity index (χ3n) is 4.69. The Balaban J connectivity index is 1.63. The minimum absolute atomic E-state index is 0.538. The Labute approximate surface area is 161 Å². The molecule has 0 bridgehead atoms. The van der Waals surface area contributed by atoms with Gasteiger partial charge >= 0.3 is 0 Å². The largest absolute Gasteiger partial charge is 0.390 e. The number of nitrogens with zero attached hydrogens (tertiary/aromatic N) is 4. The van der Waals surface area contributed by atoms with Gasteiger partial charge in [-0.15, -0.1) is 0 Å². The monoisotopic (exact) mass is 389 g/mol. The van der Waals surface area contributed by atoms with Gasteiger partial charge in [-0.25, -0.2) is 9.97 Å². The molecule has 4 rings (SSSR count). The summed E-state index contributed by atoms with van der Waals surface area (Å²) in [4.78, 5) is 11.2. The fraction of sp³-hybridized carbons (Fsp3) is 0.389. The number of aromatic nitrogens is 3. The highest BCUT2D eigenvalue weighted by atomic mass is 35.5. The van der Waals surface area contributed by atoms with Gasteiger partial charge in [-0.2, -0.15) is 4.37 Å². The first-order valence-electron chi connectivity index (χ1n) is 8.54. The van der Waals surface area contributed by atoms with Crippen LogP contribution in [-0.2, 0) is 0 Å². The summed E-state index contributed by atoms with van der Waals surface area (Å²) in [6, 6.07) is 5.87. The van der Waals surface area contributed by atoms with E-state index >= 15 is 0 Å². The molecule has 8 heteroatoms. The third kappa shape index (κ3) is 3.60. The summed E-state index contributed by atoms with van der Waals surface area (Å²) < 4.78 is 4.25. The van der Waals surface area contributed by atoms with E-state index in [2.05, 4.69) is 24.6 Å². The van der Waals surface area contributed by atoms with Crippen LogP contribution in [0, 0.1) is 6.92 Å². The number of rotatable bonds is 3. The lowest BCUT2D eigenvalue weighted by Gasteiger charge is -2.37. The molecule has 3 heterocycles. The lowest BCUT2D eigenvalue weighted by Crippen LogP contribution is -2.42. The average Bonchev–Trinajstić information content (AvgIpc) is 3.00. The highest BCUT2D eigenvalue weighted by molar-refractivity contribution is 7.10. The molecular formula is C18H20ClN5OS. The first kappa shape index (κ1) is 17.5. The van der Waals surface area contributed by atoms with E-state index in [1.165, 1.54) is 11.5 Å². The van der Waals surface area contributed by atoms with E-state index in [9.17, 15) is 5.11 Å². The summed E-state index contributed by atoms with van der Waals surface area (Å²) in [5.74, 6) is 0.538. The Morgan fingerprint density at radius 1 is 1.27 bits per heavy atom. The highest BCUT2D eigenvalue weighted by Gasteiger charge is 2.28. The Morgan fingerprint density at radius 3 is 2.73 bits per heavy atom. The minimum atomic E-state index is -0.591. The van der Waals surface area contributed by atoms with E-state index in [0.29, 0.717) is 11.0 Å². The first-order valence-corrected chi connectivity index (χ1v) is 9.69. The van der Waals surface area contributed by atoms with Gasteiger partial charge in [0.05, 0.1) is 27.5 Å². The van der Waals surface area contributed by atoms with Crippen molar-refractivity contribution in [2.45, 2.75) is 32.3 Å². The number of aryl methyl sites for hydroxylation is 1. The maximum atomic E-state index is 10.2. The molecule has 2 aromatic heterocycles.